The Morgan fingerprint density at radius 1 is 1.26 bits per heavy atom. The van der Waals surface area contributed by atoms with Gasteiger partial charge in [-0.25, -0.2) is 4.98 Å². The lowest BCUT2D eigenvalue weighted by molar-refractivity contribution is -0.132. The fourth-order valence-electron chi connectivity index (χ4n) is 2.80. The fourth-order valence-corrected chi connectivity index (χ4v) is 2.80. The van der Waals surface area contributed by atoms with E-state index in [1.54, 1.807) is 11.1 Å². The molecule has 1 saturated heterocycles. The highest BCUT2D eigenvalue weighted by atomic mass is 16.2. The molecule has 0 radical (unpaired) electrons. The molecule has 0 aliphatic carbocycles. The normalized spacial score (nSPS) is 15.5. The molecule has 2 heterocycles. The highest BCUT2D eigenvalue weighted by molar-refractivity contribution is 5.92. The lowest BCUT2D eigenvalue weighted by atomic mass is 9.99. The van der Waals surface area contributed by atoms with Crippen molar-refractivity contribution in [1.29, 1.82) is 0 Å². The van der Waals surface area contributed by atoms with E-state index in [0.29, 0.717) is 31.1 Å². The number of aromatic nitrogens is 2. The predicted octanol–water partition coefficient (Wildman–Crippen LogP) is 1.98. The molecule has 2 rings (SSSR count). The van der Waals surface area contributed by atoms with Crippen LogP contribution in [0.3, 0.4) is 0 Å². The topological polar surface area (TPSA) is 66.4 Å². The maximum atomic E-state index is 12.5. The molecule has 23 heavy (non-hydrogen) atoms. The SMILES string of the molecule is CCCN(CCC(=O)N1CCC(C)CC1)C(=O)c1cnccn1. The highest BCUT2D eigenvalue weighted by Gasteiger charge is 2.22. The summed E-state index contributed by atoms with van der Waals surface area (Å²) in [6.07, 6.45) is 7.89. The molecular formula is C17H26N4O2. The molecule has 126 valence electrons. The average Bonchev–Trinajstić information content (AvgIpc) is 2.59. The number of amides is 2. The Bertz CT molecular complexity index is 513. The molecule has 1 aliphatic rings. The quantitative estimate of drug-likeness (QED) is 0.804. The van der Waals surface area contributed by atoms with Gasteiger partial charge in [0.05, 0.1) is 6.20 Å². The summed E-state index contributed by atoms with van der Waals surface area (Å²) in [7, 11) is 0. The van der Waals surface area contributed by atoms with Crippen LogP contribution < -0.4 is 0 Å². The van der Waals surface area contributed by atoms with Gasteiger partial charge in [0.2, 0.25) is 5.91 Å². The summed E-state index contributed by atoms with van der Waals surface area (Å²) in [6, 6.07) is 0. The van der Waals surface area contributed by atoms with Gasteiger partial charge in [-0.2, -0.15) is 0 Å². The molecule has 1 fully saturated rings. The number of hydrogen-bond acceptors (Lipinski definition) is 4. The minimum atomic E-state index is -0.153. The second kappa shape index (κ2) is 8.60. The summed E-state index contributed by atoms with van der Waals surface area (Å²) in [5.41, 5.74) is 0.334. The van der Waals surface area contributed by atoms with Gasteiger partial charge < -0.3 is 9.80 Å². The van der Waals surface area contributed by atoms with Crippen molar-refractivity contribution >= 4 is 11.8 Å². The maximum Gasteiger partial charge on any atom is 0.274 e. The van der Waals surface area contributed by atoms with Gasteiger partial charge in [0, 0.05) is 45.0 Å². The molecule has 1 aromatic heterocycles. The maximum absolute atomic E-state index is 12.5. The van der Waals surface area contributed by atoms with Crippen molar-refractivity contribution in [3.8, 4) is 0 Å². The zero-order valence-corrected chi connectivity index (χ0v) is 14.1. The number of carbonyl (C=O) groups excluding carboxylic acids is 2. The van der Waals surface area contributed by atoms with Crippen LogP contribution in [-0.4, -0.2) is 57.8 Å². The third-order valence-corrected chi connectivity index (χ3v) is 4.29. The molecule has 2 amide bonds. The number of carbonyl (C=O) groups is 2. The molecule has 6 nitrogen and oxygen atoms in total. The van der Waals surface area contributed by atoms with Crippen LogP contribution in [0.5, 0.6) is 0 Å². The van der Waals surface area contributed by atoms with Crippen LogP contribution in [0, 0.1) is 5.92 Å². The third kappa shape index (κ3) is 5.01. The number of likely N-dealkylation sites (tertiary alicyclic amines) is 1. The Kier molecular flexibility index (Phi) is 6.50. The van der Waals surface area contributed by atoms with Gasteiger partial charge in [0.15, 0.2) is 0 Å². The van der Waals surface area contributed by atoms with E-state index in [2.05, 4.69) is 16.9 Å². The van der Waals surface area contributed by atoms with Gasteiger partial charge in [-0.3, -0.25) is 14.6 Å². The van der Waals surface area contributed by atoms with E-state index in [1.807, 2.05) is 11.8 Å². The van der Waals surface area contributed by atoms with Crippen molar-refractivity contribution in [3.63, 3.8) is 0 Å². The van der Waals surface area contributed by atoms with Crippen molar-refractivity contribution in [2.24, 2.45) is 5.92 Å². The zero-order valence-electron chi connectivity index (χ0n) is 14.1. The smallest absolute Gasteiger partial charge is 0.274 e. The zero-order chi connectivity index (χ0) is 16.7. The van der Waals surface area contributed by atoms with Crippen LogP contribution in [0.15, 0.2) is 18.6 Å². The van der Waals surface area contributed by atoms with E-state index in [0.717, 1.165) is 32.4 Å². The van der Waals surface area contributed by atoms with Crippen LogP contribution in [0.4, 0.5) is 0 Å². The monoisotopic (exact) mass is 318 g/mol. The molecule has 0 bridgehead atoms. The predicted molar refractivity (Wildman–Crippen MR) is 87.8 cm³/mol. The van der Waals surface area contributed by atoms with Crippen LogP contribution >= 0.6 is 0 Å². The molecule has 1 aromatic rings. The fraction of sp³-hybridized carbons (Fsp3) is 0.647. The van der Waals surface area contributed by atoms with E-state index < -0.39 is 0 Å². The molecule has 6 heteroatoms. The molecule has 1 aliphatic heterocycles. The Labute approximate surface area is 137 Å². The Balaban J connectivity index is 1.89. The number of nitrogens with zero attached hydrogens (tertiary/aromatic N) is 4. The van der Waals surface area contributed by atoms with Gasteiger partial charge in [0.1, 0.15) is 5.69 Å². The van der Waals surface area contributed by atoms with E-state index in [9.17, 15) is 9.59 Å². The average molecular weight is 318 g/mol. The summed E-state index contributed by atoms with van der Waals surface area (Å²) >= 11 is 0. The Morgan fingerprint density at radius 2 is 2.00 bits per heavy atom. The second-order valence-corrected chi connectivity index (χ2v) is 6.20. The van der Waals surface area contributed by atoms with E-state index in [-0.39, 0.29) is 11.8 Å². The van der Waals surface area contributed by atoms with Gasteiger partial charge in [-0.1, -0.05) is 13.8 Å². The summed E-state index contributed by atoms with van der Waals surface area (Å²) in [5, 5.41) is 0. The Morgan fingerprint density at radius 3 is 2.61 bits per heavy atom. The van der Waals surface area contributed by atoms with Gasteiger partial charge in [0.25, 0.3) is 5.91 Å². The van der Waals surface area contributed by atoms with Crippen molar-refractivity contribution in [2.75, 3.05) is 26.2 Å². The summed E-state index contributed by atoms with van der Waals surface area (Å²) < 4.78 is 0. The van der Waals surface area contributed by atoms with E-state index >= 15 is 0 Å². The summed E-state index contributed by atoms with van der Waals surface area (Å²) in [4.78, 5) is 36.4. The number of piperidine rings is 1. The molecule has 0 atom stereocenters. The second-order valence-electron chi connectivity index (χ2n) is 6.20. The molecule has 0 saturated carbocycles. The minimum Gasteiger partial charge on any atom is -0.343 e. The van der Waals surface area contributed by atoms with Crippen molar-refractivity contribution in [1.82, 2.24) is 19.8 Å². The standard InChI is InChI=1S/C17H26N4O2/c1-3-9-21(17(23)15-13-18-7-8-19-15)12-6-16(22)20-10-4-14(2)5-11-20/h7-8,13-14H,3-6,9-12H2,1-2H3. The minimum absolute atomic E-state index is 0.143. The molecule has 0 unspecified atom stereocenters. The molecule has 0 N–H and O–H groups in total. The number of hydrogen-bond donors (Lipinski definition) is 0. The van der Waals surface area contributed by atoms with Crippen LogP contribution in [0.2, 0.25) is 0 Å². The largest absolute Gasteiger partial charge is 0.343 e. The van der Waals surface area contributed by atoms with E-state index in [1.165, 1.54) is 12.4 Å². The molecule has 0 spiro atoms. The summed E-state index contributed by atoms with van der Waals surface area (Å²) in [5.74, 6) is 0.693. The van der Waals surface area contributed by atoms with Crippen LogP contribution in [0.1, 0.15) is 50.0 Å². The first-order valence-corrected chi connectivity index (χ1v) is 8.45. The van der Waals surface area contributed by atoms with Gasteiger partial charge >= 0.3 is 0 Å². The van der Waals surface area contributed by atoms with Crippen molar-refractivity contribution < 1.29 is 9.59 Å². The van der Waals surface area contributed by atoms with Crippen LogP contribution in [0.25, 0.3) is 0 Å². The van der Waals surface area contributed by atoms with Crippen molar-refractivity contribution in [3.05, 3.63) is 24.3 Å². The first-order valence-electron chi connectivity index (χ1n) is 8.45. The number of rotatable bonds is 6. The van der Waals surface area contributed by atoms with Crippen LogP contribution in [-0.2, 0) is 4.79 Å². The lowest BCUT2D eigenvalue weighted by Gasteiger charge is -2.31. The van der Waals surface area contributed by atoms with E-state index in [4.69, 9.17) is 0 Å². The van der Waals surface area contributed by atoms with Crippen molar-refractivity contribution in [2.45, 2.75) is 39.5 Å². The summed E-state index contributed by atoms with van der Waals surface area (Å²) in [6.45, 7) is 6.99. The molecule has 0 aromatic carbocycles. The lowest BCUT2D eigenvalue weighted by Crippen LogP contribution is -2.41. The van der Waals surface area contributed by atoms with Gasteiger partial charge in [-0.05, 0) is 25.2 Å². The first kappa shape index (κ1) is 17.4. The highest BCUT2D eigenvalue weighted by Crippen LogP contribution is 2.16. The first-order chi connectivity index (χ1) is 11.1. The Hall–Kier alpha value is -1.98. The third-order valence-electron chi connectivity index (χ3n) is 4.29. The van der Waals surface area contributed by atoms with Gasteiger partial charge in [-0.15, -0.1) is 0 Å². The molecular weight excluding hydrogens is 292 g/mol.